The lowest BCUT2D eigenvalue weighted by Gasteiger charge is -2.13. The van der Waals surface area contributed by atoms with Crippen LogP contribution in [-0.4, -0.2) is 35.6 Å². The van der Waals surface area contributed by atoms with Crippen molar-refractivity contribution in [2.75, 3.05) is 7.05 Å². The molecule has 0 heterocycles. The van der Waals surface area contributed by atoms with Crippen molar-refractivity contribution in [3.05, 3.63) is 60.5 Å². The van der Waals surface area contributed by atoms with E-state index in [0.29, 0.717) is 18.4 Å². The van der Waals surface area contributed by atoms with Crippen LogP contribution in [0.3, 0.4) is 0 Å². The highest BCUT2D eigenvalue weighted by Gasteiger charge is 2.08. The summed E-state index contributed by atoms with van der Waals surface area (Å²) >= 11 is 0. The summed E-state index contributed by atoms with van der Waals surface area (Å²) < 4.78 is 0. The zero-order valence-corrected chi connectivity index (χ0v) is 12.0. The lowest BCUT2D eigenvalue weighted by Crippen LogP contribution is -2.09. The molecule has 0 unspecified atom stereocenters. The number of rotatable bonds is 7. The predicted molar refractivity (Wildman–Crippen MR) is 86.3 cm³/mol. The maximum atomic E-state index is 10.9. The summed E-state index contributed by atoms with van der Waals surface area (Å²) in [5.41, 5.74) is 1.22. The second-order valence-corrected chi connectivity index (χ2v) is 4.16. The van der Waals surface area contributed by atoms with E-state index in [1.54, 1.807) is 29.6 Å². The van der Waals surface area contributed by atoms with Crippen LogP contribution in [0.15, 0.2) is 70.6 Å². The molecule has 0 fully saturated rings. The predicted octanol–water partition coefficient (Wildman–Crippen LogP) is 2.92. The first-order valence-electron chi connectivity index (χ1n) is 6.51. The highest BCUT2D eigenvalue weighted by Crippen LogP contribution is 2.14. The van der Waals surface area contributed by atoms with E-state index >= 15 is 0 Å². The van der Waals surface area contributed by atoms with Crippen LogP contribution in [0.4, 0.5) is 0 Å². The van der Waals surface area contributed by atoms with Crippen LogP contribution in [0.2, 0.25) is 0 Å². The quantitative estimate of drug-likeness (QED) is 0.577. The molecule has 1 aliphatic rings. The zero-order valence-electron chi connectivity index (χ0n) is 12.0. The highest BCUT2D eigenvalue weighted by atomic mass is 16.4. The fraction of sp³-hybridized carbons (Fsp3) is 0.188. The lowest BCUT2D eigenvalue weighted by atomic mass is 10.2. The van der Waals surface area contributed by atoms with Crippen molar-refractivity contribution in [2.24, 2.45) is 10.1 Å². The Morgan fingerprint density at radius 2 is 2.38 bits per heavy atom. The topological polar surface area (TPSA) is 65.3 Å². The van der Waals surface area contributed by atoms with Crippen LogP contribution in [0, 0.1) is 0 Å². The van der Waals surface area contributed by atoms with E-state index < -0.39 is 5.97 Å². The highest BCUT2D eigenvalue weighted by molar-refractivity contribution is 5.87. The minimum atomic E-state index is -0.894. The molecule has 0 bridgehead atoms. The number of carboxylic acid groups (broad SMARTS) is 1. The van der Waals surface area contributed by atoms with Gasteiger partial charge in [-0.3, -0.25) is 10.0 Å². The summed E-state index contributed by atoms with van der Waals surface area (Å²) in [7, 11) is 1.82. The Hall–Kier alpha value is -2.69. The molecule has 110 valence electrons. The van der Waals surface area contributed by atoms with Gasteiger partial charge in [-0.2, -0.15) is 5.10 Å². The molecule has 0 aromatic heterocycles. The third kappa shape index (κ3) is 6.33. The number of likely N-dealkylation sites (N-methyl/N-ethyl adjacent to an activating group) is 1. The molecule has 0 radical (unpaired) electrons. The number of carboxylic acids is 1. The molecular formula is C16H19N3O2. The molecule has 1 aliphatic carbocycles. The summed E-state index contributed by atoms with van der Waals surface area (Å²) in [6.07, 6.45) is 16.7. The average molecular weight is 285 g/mol. The molecular weight excluding hydrogens is 266 g/mol. The van der Waals surface area contributed by atoms with Gasteiger partial charge in [-0.05, 0) is 18.6 Å². The SMILES string of the molecule is C=CN=C/C=C/C/C=N\N(C)C1=CCC(C(=O)O)=CC=C1. The molecule has 0 atom stereocenters. The number of nitrogens with zero attached hydrogens (tertiary/aromatic N) is 3. The number of hydrazone groups is 1. The first-order valence-corrected chi connectivity index (χ1v) is 6.51. The number of aliphatic imine (C=N–C) groups is 1. The van der Waals surface area contributed by atoms with Gasteiger partial charge in [0.15, 0.2) is 0 Å². The smallest absolute Gasteiger partial charge is 0.331 e. The number of hydrogen-bond acceptors (Lipinski definition) is 4. The first kappa shape index (κ1) is 16.4. The van der Waals surface area contributed by atoms with Crippen LogP contribution >= 0.6 is 0 Å². The molecule has 0 aromatic rings. The maximum Gasteiger partial charge on any atom is 0.331 e. The van der Waals surface area contributed by atoms with Gasteiger partial charge in [-0.1, -0.05) is 30.9 Å². The van der Waals surface area contributed by atoms with Gasteiger partial charge in [0.2, 0.25) is 0 Å². The van der Waals surface area contributed by atoms with E-state index in [-0.39, 0.29) is 0 Å². The van der Waals surface area contributed by atoms with Gasteiger partial charge in [0.05, 0.1) is 5.70 Å². The fourth-order valence-electron chi connectivity index (χ4n) is 1.56. The minimum absolute atomic E-state index is 0.364. The zero-order chi connectivity index (χ0) is 15.5. The summed E-state index contributed by atoms with van der Waals surface area (Å²) in [6.45, 7) is 3.47. The second-order valence-electron chi connectivity index (χ2n) is 4.16. The van der Waals surface area contributed by atoms with Gasteiger partial charge in [-0.25, -0.2) is 4.79 Å². The lowest BCUT2D eigenvalue weighted by molar-refractivity contribution is -0.132. The molecule has 21 heavy (non-hydrogen) atoms. The number of carbonyl (C=O) groups is 1. The van der Waals surface area contributed by atoms with E-state index in [9.17, 15) is 4.79 Å². The minimum Gasteiger partial charge on any atom is -0.478 e. The van der Waals surface area contributed by atoms with Crippen molar-refractivity contribution in [1.82, 2.24) is 5.01 Å². The van der Waals surface area contributed by atoms with E-state index in [4.69, 9.17) is 5.11 Å². The molecule has 1 rings (SSSR count). The molecule has 0 spiro atoms. The molecule has 0 amide bonds. The summed E-state index contributed by atoms with van der Waals surface area (Å²) in [4.78, 5) is 14.7. The monoisotopic (exact) mass is 285 g/mol. The Balaban J connectivity index is 2.51. The van der Waals surface area contributed by atoms with Crippen molar-refractivity contribution < 1.29 is 9.90 Å². The van der Waals surface area contributed by atoms with Crippen LogP contribution in [0.1, 0.15) is 12.8 Å². The van der Waals surface area contributed by atoms with Gasteiger partial charge in [0.25, 0.3) is 0 Å². The molecule has 0 saturated carbocycles. The Morgan fingerprint density at radius 1 is 1.57 bits per heavy atom. The van der Waals surface area contributed by atoms with Crippen LogP contribution in [0.5, 0.6) is 0 Å². The maximum absolute atomic E-state index is 10.9. The molecule has 5 heteroatoms. The number of allylic oxidation sites excluding steroid dienone is 6. The summed E-state index contributed by atoms with van der Waals surface area (Å²) in [5.74, 6) is -0.894. The standard InChI is InChI=1S/C16H19N3O2/c1-3-17-12-5-4-6-13-18-19(2)15-9-7-8-14(10-11-15)16(20)21/h3-5,7-9,11-13H,1,6,10H2,2H3,(H,20,21)/b5-4+,17-12?,18-13-. The molecule has 0 aliphatic heterocycles. The van der Waals surface area contributed by atoms with Gasteiger partial charge in [0.1, 0.15) is 0 Å². The third-order valence-electron chi connectivity index (χ3n) is 2.65. The summed E-state index contributed by atoms with van der Waals surface area (Å²) in [5, 5.41) is 14.9. The normalized spacial score (nSPS) is 15.3. The van der Waals surface area contributed by atoms with E-state index in [0.717, 1.165) is 5.70 Å². The van der Waals surface area contributed by atoms with Crippen molar-refractivity contribution in [2.45, 2.75) is 12.8 Å². The Kier molecular flexibility index (Phi) is 7.21. The summed E-state index contributed by atoms with van der Waals surface area (Å²) in [6, 6.07) is 0. The van der Waals surface area contributed by atoms with Gasteiger partial charge in [0, 0.05) is 37.7 Å². The van der Waals surface area contributed by atoms with E-state index in [1.165, 1.54) is 6.20 Å². The number of aliphatic carboxylic acids is 1. The second kappa shape index (κ2) is 9.25. The Morgan fingerprint density at radius 3 is 3.10 bits per heavy atom. The number of hydrogen-bond donors (Lipinski definition) is 1. The molecule has 1 N–H and O–H groups in total. The fourth-order valence-corrected chi connectivity index (χ4v) is 1.56. The van der Waals surface area contributed by atoms with Crippen molar-refractivity contribution in [1.29, 1.82) is 0 Å². The first-order chi connectivity index (χ1) is 10.1. The largest absolute Gasteiger partial charge is 0.478 e. The van der Waals surface area contributed by atoms with Crippen LogP contribution in [-0.2, 0) is 4.79 Å². The van der Waals surface area contributed by atoms with Gasteiger partial charge >= 0.3 is 5.97 Å². The third-order valence-corrected chi connectivity index (χ3v) is 2.65. The Bertz CT molecular complexity index is 552. The van der Waals surface area contributed by atoms with E-state index in [2.05, 4.69) is 16.7 Å². The molecule has 5 nitrogen and oxygen atoms in total. The van der Waals surface area contributed by atoms with Crippen LogP contribution < -0.4 is 0 Å². The average Bonchev–Trinajstić information content (AvgIpc) is 2.72. The van der Waals surface area contributed by atoms with E-state index in [1.807, 2.05) is 31.4 Å². The molecule has 0 aromatic carbocycles. The van der Waals surface area contributed by atoms with Crippen molar-refractivity contribution in [3.63, 3.8) is 0 Å². The van der Waals surface area contributed by atoms with Gasteiger partial charge < -0.3 is 5.11 Å². The Labute approximate surface area is 124 Å². The van der Waals surface area contributed by atoms with Gasteiger partial charge in [-0.15, -0.1) is 0 Å². The van der Waals surface area contributed by atoms with Crippen LogP contribution in [0.25, 0.3) is 0 Å². The molecule has 0 saturated heterocycles. The van der Waals surface area contributed by atoms with Crippen molar-refractivity contribution in [3.8, 4) is 0 Å². The van der Waals surface area contributed by atoms with Crippen molar-refractivity contribution >= 4 is 18.4 Å².